The van der Waals surface area contributed by atoms with Gasteiger partial charge in [-0.3, -0.25) is 0 Å². The van der Waals surface area contributed by atoms with Crippen molar-refractivity contribution in [3.8, 4) is 11.3 Å². The van der Waals surface area contributed by atoms with Gasteiger partial charge in [0.25, 0.3) is 5.76 Å². The number of rotatable bonds is 6. The smallest absolute Gasteiger partial charge is 0.339 e. The zero-order valence-corrected chi connectivity index (χ0v) is 14.3. The van der Waals surface area contributed by atoms with Crippen molar-refractivity contribution in [1.82, 2.24) is 5.16 Å². The zero-order valence-electron chi connectivity index (χ0n) is 13.5. The molecule has 4 nitrogen and oxygen atoms in total. The van der Waals surface area contributed by atoms with Crippen molar-refractivity contribution in [3.63, 3.8) is 0 Å². The van der Waals surface area contributed by atoms with Crippen LogP contribution in [-0.4, -0.2) is 16.9 Å². The Bertz CT molecular complexity index is 961. The Morgan fingerprint density at radius 3 is 2.67 bits per heavy atom. The predicted octanol–water partition coefficient (Wildman–Crippen LogP) is 5.29. The van der Waals surface area contributed by atoms with Crippen molar-refractivity contribution in [1.29, 1.82) is 0 Å². The quantitative estimate of drug-likeness (QED) is 0.321. The molecule has 0 aliphatic rings. The number of hydrogen-bond acceptors (Lipinski definition) is 5. The van der Waals surface area contributed by atoms with Crippen LogP contribution in [0.1, 0.15) is 16.1 Å². The molecule has 0 saturated heterocycles. The first-order valence-electron chi connectivity index (χ1n) is 7.56. The number of alkyl halides is 2. The number of benzene rings is 2. The summed E-state index contributed by atoms with van der Waals surface area (Å²) >= 11 is 0.239. The van der Waals surface area contributed by atoms with Gasteiger partial charge in [0.15, 0.2) is 5.76 Å². The van der Waals surface area contributed by atoms with Gasteiger partial charge in [0.2, 0.25) is 0 Å². The maximum atomic E-state index is 13.8. The molecule has 0 unspecified atom stereocenters. The molecule has 1 heterocycles. The second kappa shape index (κ2) is 8.26. The van der Waals surface area contributed by atoms with E-state index in [1.54, 1.807) is 0 Å². The Labute approximate surface area is 155 Å². The second-order valence-electron chi connectivity index (χ2n) is 5.26. The fraction of sp³-hybridized carbons (Fsp3) is 0.111. The fourth-order valence-electron chi connectivity index (χ4n) is 2.25. The maximum Gasteiger partial charge on any atom is 0.339 e. The Morgan fingerprint density at radius 2 is 1.93 bits per heavy atom. The average molecular weight is 397 g/mol. The van der Waals surface area contributed by atoms with Crippen LogP contribution in [0.3, 0.4) is 0 Å². The molecular formula is C18H11F4NO3S. The first kappa shape index (κ1) is 19.0. The molecule has 0 amide bonds. The lowest BCUT2D eigenvalue weighted by Gasteiger charge is -2.07. The van der Waals surface area contributed by atoms with Crippen LogP contribution in [-0.2, 0) is 11.3 Å². The molecule has 0 aliphatic carbocycles. The molecule has 3 aromatic rings. The summed E-state index contributed by atoms with van der Waals surface area (Å²) in [6, 6.07) is 10.1. The van der Waals surface area contributed by atoms with Crippen molar-refractivity contribution in [2.45, 2.75) is 17.3 Å². The molecule has 27 heavy (non-hydrogen) atoms. The van der Waals surface area contributed by atoms with Crippen molar-refractivity contribution in [2.24, 2.45) is 0 Å². The highest BCUT2D eigenvalue weighted by Crippen LogP contribution is 2.29. The third-order valence-electron chi connectivity index (χ3n) is 3.43. The van der Waals surface area contributed by atoms with E-state index in [1.807, 2.05) is 0 Å². The highest BCUT2D eigenvalue weighted by molar-refractivity contribution is 7.99. The number of esters is 1. The number of carbonyl (C=O) groups excluding carboxylic acids is 1. The molecule has 0 fully saturated rings. The molecular weight excluding hydrogens is 386 g/mol. The zero-order chi connectivity index (χ0) is 19.4. The van der Waals surface area contributed by atoms with Gasteiger partial charge >= 0.3 is 5.97 Å². The Hall–Kier alpha value is -2.81. The molecule has 0 radical (unpaired) electrons. The summed E-state index contributed by atoms with van der Waals surface area (Å²) in [6.07, 6.45) is 0. The normalized spacial score (nSPS) is 11.0. The van der Waals surface area contributed by atoms with Crippen molar-refractivity contribution in [3.05, 3.63) is 71.4 Å². The van der Waals surface area contributed by atoms with E-state index in [0.29, 0.717) is 6.07 Å². The van der Waals surface area contributed by atoms with Crippen LogP contribution in [0, 0.1) is 11.6 Å². The molecule has 140 valence electrons. The molecule has 1 aromatic heterocycles. The lowest BCUT2D eigenvalue weighted by atomic mass is 10.1. The highest BCUT2D eigenvalue weighted by atomic mass is 32.2. The van der Waals surface area contributed by atoms with Gasteiger partial charge in [0.05, 0.1) is 11.1 Å². The van der Waals surface area contributed by atoms with E-state index >= 15 is 0 Å². The van der Waals surface area contributed by atoms with Crippen LogP contribution in [0.5, 0.6) is 0 Å². The van der Waals surface area contributed by atoms with Gasteiger partial charge in [-0.25, -0.2) is 13.6 Å². The molecule has 0 N–H and O–H groups in total. The minimum atomic E-state index is -2.68. The third kappa shape index (κ3) is 4.68. The molecule has 0 aliphatic heterocycles. The molecule has 0 spiro atoms. The van der Waals surface area contributed by atoms with Crippen LogP contribution in [0.25, 0.3) is 11.3 Å². The Kier molecular flexibility index (Phi) is 5.80. The van der Waals surface area contributed by atoms with Gasteiger partial charge in [-0.15, -0.1) is 0 Å². The Balaban J connectivity index is 1.69. The monoisotopic (exact) mass is 397 g/mol. The fourth-order valence-corrected chi connectivity index (χ4v) is 2.87. The number of thioether (sulfide) groups is 1. The first-order valence-corrected chi connectivity index (χ1v) is 8.44. The van der Waals surface area contributed by atoms with E-state index < -0.39 is 23.4 Å². The van der Waals surface area contributed by atoms with Gasteiger partial charge < -0.3 is 9.26 Å². The topological polar surface area (TPSA) is 52.3 Å². The molecule has 2 aromatic carbocycles. The van der Waals surface area contributed by atoms with Crippen LogP contribution >= 0.6 is 11.8 Å². The number of carbonyl (C=O) groups is 1. The van der Waals surface area contributed by atoms with Gasteiger partial charge in [-0.05, 0) is 24.3 Å². The second-order valence-corrected chi connectivity index (χ2v) is 6.29. The summed E-state index contributed by atoms with van der Waals surface area (Å²) in [4.78, 5) is 12.2. The first-order chi connectivity index (χ1) is 12.9. The number of halogens is 4. The van der Waals surface area contributed by atoms with E-state index in [4.69, 9.17) is 9.26 Å². The van der Waals surface area contributed by atoms with E-state index in [9.17, 15) is 22.4 Å². The van der Waals surface area contributed by atoms with Gasteiger partial charge in [0.1, 0.15) is 23.9 Å². The van der Waals surface area contributed by atoms with Crippen LogP contribution in [0.4, 0.5) is 17.6 Å². The van der Waals surface area contributed by atoms with Gasteiger partial charge in [-0.1, -0.05) is 29.1 Å². The predicted molar refractivity (Wildman–Crippen MR) is 89.3 cm³/mol. The summed E-state index contributed by atoms with van der Waals surface area (Å²) in [5.41, 5.74) is 0.178. The standard InChI is InChI=1S/C18H11F4NO3S/c19-10-5-6-12(14(20)7-10)15-8-11(23-26-15)9-25-17(24)13-3-1-2-4-16(13)27-18(21)22/h1-8,18H,9H2. The SMILES string of the molecule is O=C(OCc1cc(-c2ccc(F)cc2F)on1)c1ccccc1SC(F)F. The summed E-state index contributed by atoms with van der Waals surface area (Å²) in [5, 5.41) is 3.65. The van der Waals surface area contributed by atoms with Crippen molar-refractivity contribution < 1.29 is 31.6 Å². The summed E-state index contributed by atoms with van der Waals surface area (Å²) in [7, 11) is 0. The maximum absolute atomic E-state index is 13.8. The van der Waals surface area contributed by atoms with E-state index in [-0.39, 0.29) is 45.8 Å². The van der Waals surface area contributed by atoms with Gasteiger partial charge in [-0.2, -0.15) is 8.78 Å². The summed E-state index contributed by atoms with van der Waals surface area (Å²) < 4.78 is 61.9. The number of nitrogens with zero attached hydrogens (tertiary/aromatic N) is 1. The summed E-state index contributed by atoms with van der Waals surface area (Å²) in [5.74, 6) is -5.01. The molecule has 3 rings (SSSR count). The number of aromatic nitrogens is 1. The van der Waals surface area contributed by atoms with Crippen LogP contribution < -0.4 is 0 Å². The molecule has 0 saturated carbocycles. The molecule has 9 heteroatoms. The minimum absolute atomic E-state index is 0.000144. The largest absolute Gasteiger partial charge is 0.455 e. The van der Waals surface area contributed by atoms with E-state index in [1.165, 1.54) is 36.4 Å². The third-order valence-corrected chi connectivity index (χ3v) is 4.22. The molecule has 0 atom stereocenters. The number of ether oxygens (including phenoxy) is 1. The summed E-state index contributed by atoms with van der Waals surface area (Å²) in [6.45, 7) is -0.307. The average Bonchev–Trinajstić information content (AvgIpc) is 3.08. The van der Waals surface area contributed by atoms with E-state index in [0.717, 1.165) is 6.07 Å². The Morgan fingerprint density at radius 1 is 1.15 bits per heavy atom. The van der Waals surface area contributed by atoms with Crippen LogP contribution in [0.2, 0.25) is 0 Å². The van der Waals surface area contributed by atoms with E-state index in [2.05, 4.69) is 5.16 Å². The minimum Gasteiger partial charge on any atom is -0.455 e. The molecule has 0 bridgehead atoms. The van der Waals surface area contributed by atoms with Crippen LogP contribution in [0.15, 0.2) is 57.9 Å². The lowest BCUT2D eigenvalue weighted by molar-refractivity contribution is 0.0460. The highest BCUT2D eigenvalue weighted by Gasteiger charge is 2.18. The van der Waals surface area contributed by atoms with Crippen molar-refractivity contribution in [2.75, 3.05) is 0 Å². The van der Waals surface area contributed by atoms with Crippen molar-refractivity contribution >= 4 is 17.7 Å². The number of hydrogen-bond donors (Lipinski definition) is 0. The van der Waals surface area contributed by atoms with Gasteiger partial charge in [0, 0.05) is 17.0 Å². The lowest BCUT2D eigenvalue weighted by Crippen LogP contribution is -2.07.